The molecular weight excluding hydrogens is 230 g/mol. The molecule has 3 N–H and O–H groups in total. The predicted octanol–water partition coefficient (Wildman–Crippen LogP) is 1.27. The Hall–Kier alpha value is -1.59. The summed E-state index contributed by atoms with van der Waals surface area (Å²) in [4.78, 5) is 4.46. The van der Waals surface area contributed by atoms with Gasteiger partial charge < -0.3 is 20.1 Å². The normalized spacial score (nSPS) is 11.4. The van der Waals surface area contributed by atoms with E-state index in [2.05, 4.69) is 4.98 Å². The van der Waals surface area contributed by atoms with Crippen molar-refractivity contribution in [3.63, 3.8) is 0 Å². The first-order valence-electron chi connectivity index (χ1n) is 6.12. The van der Waals surface area contributed by atoms with Gasteiger partial charge in [0.1, 0.15) is 11.6 Å². The maximum absolute atomic E-state index is 9.08. The molecule has 98 valence electrons. The van der Waals surface area contributed by atoms with Gasteiger partial charge in [-0.25, -0.2) is 4.98 Å². The Morgan fingerprint density at radius 1 is 1.44 bits per heavy atom. The second kappa shape index (κ2) is 5.37. The van der Waals surface area contributed by atoms with Gasteiger partial charge in [0, 0.05) is 12.6 Å². The number of aliphatic hydroxyl groups excluding tert-OH is 1. The third kappa shape index (κ3) is 2.47. The van der Waals surface area contributed by atoms with Gasteiger partial charge in [0.15, 0.2) is 0 Å². The smallest absolute Gasteiger partial charge is 0.123 e. The number of hydrogen-bond acceptors (Lipinski definition) is 4. The predicted molar refractivity (Wildman–Crippen MR) is 70.5 cm³/mol. The van der Waals surface area contributed by atoms with Crippen molar-refractivity contribution in [1.82, 2.24) is 9.55 Å². The Morgan fingerprint density at radius 2 is 2.22 bits per heavy atom. The molecule has 1 aromatic heterocycles. The summed E-state index contributed by atoms with van der Waals surface area (Å²) in [6.07, 6.45) is 0.135. The van der Waals surface area contributed by atoms with Crippen molar-refractivity contribution in [3.8, 4) is 5.75 Å². The molecule has 18 heavy (non-hydrogen) atoms. The topological polar surface area (TPSA) is 73.3 Å². The van der Waals surface area contributed by atoms with Crippen LogP contribution in [0.2, 0.25) is 0 Å². The Morgan fingerprint density at radius 3 is 2.83 bits per heavy atom. The second-order valence-corrected chi connectivity index (χ2v) is 4.42. The van der Waals surface area contributed by atoms with Crippen molar-refractivity contribution in [2.75, 3.05) is 6.61 Å². The van der Waals surface area contributed by atoms with Crippen molar-refractivity contribution in [1.29, 1.82) is 0 Å². The molecule has 0 unspecified atom stereocenters. The number of rotatable bonds is 5. The van der Waals surface area contributed by atoms with Crippen LogP contribution < -0.4 is 10.5 Å². The first kappa shape index (κ1) is 12.9. The fourth-order valence-corrected chi connectivity index (χ4v) is 2.01. The molecule has 0 spiro atoms. The van der Waals surface area contributed by atoms with Crippen LogP contribution in [0.15, 0.2) is 18.2 Å². The molecule has 0 saturated carbocycles. The van der Waals surface area contributed by atoms with Gasteiger partial charge in [0.25, 0.3) is 0 Å². The standard InChI is InChI=1S/C13H19N3O2/c1-9(2)18-10-3-4-12-11(7-10)15-13(8-14)16(12)5-6-17/h3-4,7,9,17H,5-6,8,14H2,1-2H3. The Bertz CT molecular complexity index is 534. The molecule has 0 aliphatic heterocycles. The fraction of sp³-hybridized carbons (Fsp3) is 0.462. The van der Waals surface area contributed by atoms with Gasteiger partial charge in [-0.05, 0) is 26.0 Å². The van der Waals surface area contributed by atoms with Crippen LogP contribution in [0, 0.1) is 0 Å². The molecule has 0 aliphatic rings. The van der Waals surface area contributed by atoms with Crippen LogP contribution in [-0.2, 0) is 13.1 Å². The highest BCUT2D eigenvalue weighted by molar-refractivity contribution is 5.77. The van der Waals surface area contributed by atoms with Crippen LogP contribution >= 0.6 is 0 Å². The van der Waals surface area contributed by atoms with E-state index in [9.17, 15) is 0 Å². The van der Waals surface area contributed by atoms with Crippen LogP contribution in [0.25, 0.3) is 11.0 Å². The lowest BCUT2D eigenvalue weighted by Crippen LogP contribution is -2.10. The number of imidazole rings is 1. The van der Waals surface area contributed by atoms with E-state index < -0.39 is 0 Å². The molecule has 2 aromatic rings. The maximum atomic E-state index is 9.08. The van der Waals surface area contributed by atoms with Crippen molar-refractivity contribution in [2.24, 2.45) is 5.73 Å². The van der Waals surface area contributed by atoms with Gasteiger partial charge in [-0.2, -0.15) is 0 Å². The fourth-order valence-electron chi connectivity index (χ4n) is 2.01. The highest BCUT2D eigenvalue weighted by Crippen LogP contribution is 2.22. The minimum absolute atomic E-state index is 0.0721. The Labute approximate surface area is 106 Å². The molecule has 1 aromatic carbocycles. The Kier molecular flexibility index (Phi) is 3.84. The maximum Gasteiger partial charge on any atom is 0.123 e. The lowest BCUT2D eigenvalue weighted by molar-refractivity contribution is 0.242. The summed E-state index contributed by atoms with van der Waals surface area (Å²) in [6, 6.07) is 5.77. The quantitative estimate of drug-likeness (QED) is 0.837. The molecule has 5 heteroatoms. The summed E-state index contributed by atoms with van der Waals surface area (Å²) < 4.78 is 7.57. The average Bonchev–Trinajstić information content (AvgIpc) is 2.66. The van der Waals surface area contributed by atoms with Crippen LogP contribution in [0.1, 0.15) is 19.7 Å². The van der Waals surface area contributed by atoms with Crippen LogP contribution in [0.5, 0.6) is 5.75 Å². The third-order valence-electron chi connectivity index (χ3n) is 2.68. The van der Waals surface area contributed by atoms with Crippen molar-refractivity contribution < 1.29 is 9.84 Å². The number of ether oxygens (including phenoxy) is 1. The van der Waals surface area contributed by atoms with E-state index in [0.29, 0.717) is 13.1 Å². The summed E-state index contributed by atoms with van der Waals surface area (Å²) in [5, 5.41) is 9.08. The summed E-state index contributed by atoms with van der Waals surface area (Å²) >= 11 is 0. The van der Waals surface area contributed by atoms with Gasteiger partial charge in [0.05, 0.1) is 30.3 Å². The summed E-state index contributed by atoms with van der Waals surface area (Å²) in [5.74, 6) is 1.58. The molecule has 0 atom stereocenters. The first-order valence-corrected chi connectivity index (χ1v) is 6.12. The number of nitrogens with two attached hydrogens (primary N) is 1. The molecule has 0 saturated heterocycles. The zero-order valence-corrected chi connectivity index (χ0v) is 10.8. The van der Waals surface area contributed by atoms with E-state index >= 15 is 0 Å². The summed E-state index contributed by atoms with van der Waals surface area (Å²) in [5.41, 5.74) is 7.49. The molecular formula is C13H19N3O2. The number of hydrogen-bond donors (Lipinski definition) is 2. The lowest BCUT2D eigenvalue weighted by atomic mass is 10.3. The zero-order chi connectivity index (χ0) is 13.1. The molecule has 0 bridgehead atoms. The van der Waals surface area contributed by atoms with E-state index in [-0.39, 0.29) is 12.7 Å². The van der Waals surface area contributed by atoms with Crippen LogP contribution in [0.4, 0.5) is 0 Å². The third-order valence-corrected chi connectivity index (χ3v) is 2.68. The number of nitrogens with zero attached hydrogens (tertiary/aromatic N) is 2. The minimum atomic E-state index is 0.0721. The van der Waals surface area contributed by atoms with Crippen molar-refractivity contribution >= 4 is 11.0 Å². The monoisotopic (exact) mass is 249 g/mol. The molecule has 5 nitrogen and oxygen atoms in total. The van der Waals surface area contributed by atoms with Gasteiger partial charge in [-0.3, -0.25) is 0 Å². The van der Waals surface area contributed by atoms with Crippen LogP contribution in [-0.4, -0.2) is 27.4 Å². The van der Waals surface area contributed by atoms with E-state index in [1.54, 1.807) is 0 Å². The van der Waals surface area contributed by atoms with Crippen LogP contribution in [0.3, 0.4) is 0 Å². The van der Waals surface area contributed by atoms with E-state index in [1.807, 2.05) is 36.6 Å². The molecule has 0 fully saturated rings. The highest BCUT2D eigenvalue weighted by Gasteiger charge is 2.10. The van der Waals surface area contributed by atoms with E-state index in [1.165, 1.54) is 0 Å². The number of benzene rings is 1. The van der Waals surface area contributed by atoms with E-state index in [4.69, 9.17) is 15.6 Å². The molecule has 1 heterocycles. The number of fused-ring (bicyclic) bond motifs is 1. The summed E-state index contributed by atoms with van der Waals surface area (Å²) in [7, 11) is 0. The minimum Gasteiger partial charge on any atom is -0.491 e. The molecule has 0 radical (unpaired) electrons. The van der Waals surface area contributed by atoms with Gasteiger partial charge in [-0.1, -0.05) is 0 Å². The highest BCUT2D eigenvalue weighted by atomic mass is 16.5. The van der Waals surface area contributed by atoms with Gasteiger partial charge in [0.2, 0.25) is 0 Å². The lowest BCUT2D eigenvalue weighted by Gasteiger charge is -2.09. The van der Waals surface area contributed by atoms with Gasteiger partial charge in [-0.15, -0.1) is 0 Å². The largest absolute Gasteiger partial charge is 0.491 e. The molecule has 0 aliphatic carbocycles. The number of aliphatic hydroxyl groups is 1. The zero-order valence-electron chi connectivity index (χ0n) is 10.8. The summed E-state index contributed by atoms with van der Waals surface area (Å²) in [6.45, 7) is 4.91. The second-order valence-electron chi connectivity index (χ2n) is 4.42. The van der Waals surface area contributed by atoms with Gasteiger partial charge >= 0.3 is 0 Å². The first-order chi connectivity index (χ1) is 8.65. The van der Waals surface area contributed by atoms with E-state index in [0.717, 1.165) is 22.6 Å². The molecule has 2 rings (SSSR count). The SMILES string of the molecule is CC(C)Oc1ccc2c(c1)nc(CN)n2CCO. The number of aromatic nitrogens is 2. The average molecular weight is 249 g/mol. The molecule has 0 amide bonds. The van der Waals surface area contributed by atoms with Crippen molar-refractivity contribution in [2.45, 2.75) is 33.0 Å². The Balaban J connectivity index is 2.45. The van der Waals surface area contributed by atoms with Crippen molar-refractivity contribution in [3.05, 3.63) is 24.0 Å².